The number of nitrogens with one attached hydrogen (secondary N) is 1. The van der Waals surface area contributed by atoms with Crippen molar-refractivity contribution in [2.75, 3.05) is 6.61 Å². The Morgan fingerprint density at radius 3 is 3.23 bits per heavy atom. The third kappa shape index (κ3) is 1.84. The number of carbonyl (C=O) groups excluding carboxylic acids is 1. The van der Waals surface area contributed by atoms with Crippen LogP contribution in [-0.4, -0.2) is 33.2 Å². The molecule has 0 aromatic carbocycles. The Bertz CT molecular complexity index is 301. The van der Waals surface area contributed by atoms with E-state index in [1.54, 1.807) is 5.38 Å². The summed E-state index contributed by atoms with van der Waals surface area (Å²) in [6.45, 7) is 0.139. The minimum atomic E-state index is -0.199. The summed E-state index contributed by atoms with van der Waals surface area (Å²) in [6.07, 6.45) is 0.861. The second kappa shape index (κ2) is 3.39. The molecule has 2 rings (SSSR count). The van der Waals surface area contributed by atoms with Gasteiger partial charge in [-0.2, -0.15) is 0 Å². The molecular weight excluding hydrogens is 190 g/mol. The summed E-state index contributed by atoms with van der Waals surface area (Å²) in [7, 11) is 0. The number of carbonyl (C=O) groups is 1. The van der Waals surface area contributed by atoms with Crippen LogP contribution in [0.4, 0.5) is 0 Å². The van der Waals surface area contributed by atoms with Gasteiger partial charge in [-0.25, -0.2) is 0 Å². The second-order valence-corrected chi connectivity index (χ2v) is 3.66. The van der Waals surface area contributed by atoms with Crippen LogP contribution in [0.2, 0.25) is 0 Å². The van der Waals surface area contributed by atoms with Gasteiger partial charge in [0, 0.05) is 23.9 Å². The maximum absolute atomic E-state index is 11.3. The van der Waals surface area contributed by atoms with Gasteiger partial charge in [-0.05, 0) is 18.0 Å². The van der Waals surface area contributed by atoms with Crippen molar-refractivity contribution in [3.05, 3.63) is 11.1 Å². The molecule has 1 aromatic rings. The van der Waals surface area contributed by atoms with E-state index in [1.807, 2.05) is 0 Å². The van der Waals surface area contributed by atoms with Crippen molar-refractivity contribution in [2.24, 2.45) is 5.92 Å². The minimum Gasteiger partial charge on any atom is -0.396 e. The van der Waals surface area contributed by atoms with E-state index in [2.05, 4.69) is 14.9 Å². The molecule has 2 N–H and O–H groups in total. The van der Waals surface area contributed by atoms with Crippen molar-refractivity contribution in [2.45, 2.75) is 12.5 Å². The van der Waals surface area contributed by atoms with E-state index in [0.29, 0.717) is 5.69 Å². The molecule has 1 amide bonds. The van der Waals surface area contributed by atoms with Crippen LogP contribution >= 0.6 is 11.5 Å². The zero-order valence-electron chi connectivity index (χ0n) is 6.80. The van der Waals surface area contributed by atoms with Gasteiger partial charge in [0.25, 0.3) is 5.91 Å². The number of aliphatic hydroxyl groups excluding tert-OH is 1. The van der Waals surface area contributed by atoms with Gasteiger partial charge >= 0.3 is 0 Å². The first-order valence-electron chi connectivity index (χ1n) is 4.00. The number of hydrogen-bond acceptors (Lipinski definition) is 5. The summed E-state index contributed by atoms with van der Waals surface area (Å²) in [5.74, 6) is 0.0326. The number of hydrogen-bond donors (Lipinski definition) is 2. The first-order valence-corrected chi connectivity index (χ1v) is 4.83. The summed E-state index contributed by atoms with van der Waals surface area (Å²) in [4.78, 5) is 11.3. The molecule has 6 heteroatoms. The van der Waals surface area contributed by atoms with Gasteiger partial charge in [0.15, 0.2) is 5.69 Å². The van der Waals surface area contributed by atoms with Crippen LogP contribution in [-0.2, 0) is 0 Å². The maximum atomic E-state index is 11.3. The molecule has 0 radical (unpaired) electrons. The molecule has 0 bridgehead atoms. The van der Waals surface area contributed by atoms with E-state index in [4.69, 9.17) is 5.11 Å². The van der Waals surface area contributed by atoms with Crippen molar-refractivity contribution in [3.63, 3.8) is 0 Å². The van der Waals surface area contributed by atoms with E-state index >= 15 is 0 Å². The van der Waals surface area contributed by atoms with E-state index in [1.165, 1.54) is 0 Å². The molecule has 1 aliphatic rings. The molecular formula is C7H9N3O2S. The van der Waals surface area contributed by atoms with Gasteiger partial charge < -0.3 is 10.4 Å². The van der Waals surface area contributed by atoms with Crippen LogP contribution in [0.3, 0.4) is 0 Å². The lowest BCUT2D eigenvalue weighted by atomic mass is 10.4. The van der Waals surface area contributed by atoms with Gasteiger partial charge in [-0.15, -0.1) is 5.10 Å². The van der Waals surface area contributed by atoms with Crippen LogP contribution < -0.4 is 5.32 Å². The zero-order valence-corrected chi connectivity index (χ0v) is 7.62. The maximum Gasteiger partial charge on any atom is 0.272 e. The predicted octanol–water partition coefficient (Wildman–Crippen LogP) is -0.351. The van der Waals surface area contributed by atoms with E-state index in [-0.39, 0.29) is 24.5 Å². The molecule has 1 aromatic heterocycles. The first kappa shape index (κ1) is 8.58. The summed E-state index contributed by atoms with van der Waals surface area (Å²) in [5.41, 5.74) is 0.355. The Labute approximate surface area is 78.9 Å². The largest absolute Gasteiger partial charge is 0.396 e. The number of amides is 1. The Kier molecular flexibility index (Phi) is 2.24. The molecule has 1 fully saturated rings. The number of nitrogens with zero attached hydrogens (tertiary/aromatic N) is 2. The lowest BCUT2D eigenvalue weighted by molar-refractivity contribution is 0.0942. The number of aromatic nitrogens is 2. The molecule has 0 unspecified atom stereocenters. The fourth-order valence-corrected chi connectivity index (χ4v) is 1.57. The summed E-state index contributed by atoms with van der Waals surface area (Å²) >= 11 is 1.15. The van der Waals surface area contributed by atoms with Crippen LogP contribution in [0.25, 0.3) is 0 Å². The van der Waals surface area contributed by atoms with Crippen LogP contribution in [0.1, 0.15) is 16.9 Å². The quantitative estimate of drug-likeness (QED) is 0.697. The minimum absolute atomic E-state index is 0.124. The van der Waals surface area contributed by atoms with Crippen molar-refractivity contribution in [1.29, 1.82) is 0 Å². The van der Waals surface area contributed by atoms with E-state index in [0.717, 1.165) is 18.0 Å². The molecule has 5 nitrogen and oxygen atoms in total. The summed E-state index contributed by atoms with van der Waals surface area (Å²) < 4.78 is 3.59. The van der Waals surface area contributed by atoms with Crippen LogP contribution in [0, 0.1) is 5.92 Å². The van der Waals surface area contributed by atoms with Gasteiger partial charge in [0.05, 0.1) is 0 Å². The highest BCUT2D eigenvalue weighted by molar-refractivity contribution is 7.03. The SMILES string of the molecule is O=C(N[C@@H]1C[C@H]1CO)c1csnn1. The third-order valence-electron chi connectivity index (χ3n) is 2.07. The van der Waals surface area contributed by atoms with Crippen molar-refractivity contribution >= 4 is 17.4 Å². The zero-order chi connectivity index (χ0) is 9.26. The molecule has 0 aliphatic heterocycles. The lowest BCUT2D eigenvalue weighted by Gasteiger charge is -1.99. The third-order valence-corrected chi connectivity index (χ3v) is 2.57. The van der Waals surface area contributed by atoms with Crippen molar-refractivity contribution < 1.29 is 9.90 Å². The average Bonchev–Trinajstić information content (AvgIpc) is 2.68. The standard InChI is InChI=1S/C7H9N3O2S/c11-2-4-1-5(4)8-7(12)6-3-13-10-9-6/h3-5,11H,1-2H2,(H,8,12)/t4-,5+/m0/s1. The fraction of sp³-hybridized carbons (Fsp3) is 0.571. The van der Waals surface area contributed by atoms with E-state index in [9.17, 15) is 4.79 Å². The first-order chi connectivity index (χ1) is 6.31. The average molecular weight is 199 g/mol. The Morgan fingerprint density at radius 2 is 2.69 bits per heavy atom. The Morgan fingerprint density at radius 1 is 1.85 bits per heavy atom. The van der Waals surface area contributed by atoms with Gasteiger partial charge in [-0.1, -0.05) is 4.49 Å². The predicted molar refractivity (Wildman–Crippen MR) is 46.4 cm³/mol. The second-order valence-electron chi connectivity index (χ2n) is 3.05. The summed E-state index contributed by atoms with van der Waals surface area (Å²) in [5, 5.41) is 16.7. The topological polar surface area (TPSA) is 75.1 Å². The van der Waals surface area contributed by atoms with Crippen molar-refractivity contribution in [1.82, 2.24) is 14.9 Å². The monoisotopic (exact) mass is 199 g/mol. The molecule has 1 aliphatic carbocycles. The summed E-state index contributed by atoms with van der Waals surface area (Å²) in [6, 6.07) is 0.124. The highest BCUT2D eigenvalue weighted by Gasteiger charge is 2.37. The molecule has 0 spiro atoms. The highest BCUT2D eigenvalue weighted by Crippen LogP contribution is 2.29. The van der Waals surface area contributed by atoms with Gasteiger partial charge in [-0.3, -0.25) is 4.79 Å². The molecule has 70 valence electrons. The lowest BCUT2D eigenvalue weighted by Crippen LogP contribution is -2.27. The molecule has 1 saturated carbocycles. The van der Waals surface area contributed by atoms with E-state index < -0.39 is 0 Å². The van der Waals surface area contributed by atoms with Gasteiger partial charge in [0.1, 0.15) is 0 Å². The fourth-order valence-electron chi connectivity index (χ4n) is 1.13. The molecule has 2 atom stereocenters. The number of rotatable bonds is 3. The highest BCUT2D eigenvalue weighted by atomic mass is 32.1. The van der Waals surface area contributed by atoms with Crippen molar-refractivity contribution in [3.8, 4) is 0 Å². The molecule has 13 heavy (non-hydrogen) atoms. The Hall–Kier alpha value is -1.01. The normalized spacial score (nSPS) is 25.6. The Balaban J connectivity index is 1.87. The smallest absolute Gasteiger partial charge is 0.272 e. The molecule has 0 saturated heterocycles. The molecule has 1 heterocycles. The van der Waals surface area contributed by atoms with Crippen LogP contribution in [0.5, 0.6) is 0 Å². The van der Waals surface area contributed by atoms with Gasteiger partial charge in [0.2, 0.25) is 0 Å². The number of aliphatic hydroxyl groups is 1. The van der Waals surface area contributed by atoms with Crippen LogP contribution in [0.15, 0.2) is 5.38 Å².